The van der Waals surface area contributed by atoms with E-state index in [-0.39, 0.29) is 30.7 Å². The minimum absolute atomic E-state index is 0.0638. The summed E-state index contributed by atoms with van der Waals surface area (Å²) in [5.41, 5.74) is 1.36. The van der Waals surface area contributed by atoms with Crippen molar-refractivity contribution in [2.24, 2.45) is 5.92 Å². The van der Waals surface area contributed by atoms with Crippen molar-refractivity contribution in [2.75, 3.05) is 36.2 Å². The fourth-order valence-electron chi connectivity index (χ4n) is 3.20. The fraction of sp³-hybridized carbons (Fsp3) is 0.318. The van der Waals surface area contributed by atoms with Crippen LogP contribution in [0.1, 0.15) is 13.3 Å². The summed E-state index contributed by atoms with van der Waals surface area (Å²) in [7, 11) is 0. The third-order valence-electron chi connectivity index (χ3n) is 4.73. The van der Waals surface area contributed by atoms with Crippen molar-refractivity contribution in [2.45, 2.75) is 18.2 Å². The van der Waals surface area contributed by atoms with Crippen LogP contribution in [0.15, 0.2) is 53.4 Å². The summed E-state index contributed by atoms with van der Waals surface area (Å²) in [4.78, 5) is 39.4. The first kappa shape index (κ1) is 21.7. The number of benzene rings is 2. The molecule has 1 aliphatic rings. The Morgan fingerprint density at radius 3 is 2.67 bits per heavy atom. The van der Waals surface area contributed by atoms with Crippen molar-refractivity contribution in [1.82, 2.24) is 5.32 Å². The Morgan fingerprint density at radius 1 is 1.20 bits per heavy atom. The molecule has 30 heavy (non-hydrogen) atoms. The van der Waals surface area contributed by atoms with Crippen molar-refractivity contribution < 1.29 is 19.1 Å². The average Bonchev–Trinajstić information content (AvgIpc) is 3.15. The van der Waals surface area contributed by atoms with E-state index in [1.54, 1.807) is 40.9 Å². The number of ether oxygens (including phenoxy) is 1. The molecule has 3 amide bonds. The maximum Gasteiger partial charge on any atom is 0.257 e. The fourth-order valence-corrected chi connectivity index (χ4v) is 3.61. The molecular weight excluding hydrogens is 402 g/mol. The van der Waals surface area contributed by atoms with Gasteiger partial charge in [0.1, 0.15) is 5.75 Å². The van der Waals surface area contributed by atoms with Crippen LogP contribution in [0.5, 0.6) is 5.75 Å². The van der Waals surface area contributed by atoms with Crippen LogP contribution in [0.2, 0.25) is 0 Å². The molecule has 2 N–H and O–H groups in total. The van der Waals surface area contributed by atoms with E-state index in [4.69, 9.17) is 4.74 Å². The number of anilines is 2. The predicted molar refractivity (Wildman–Crippen MR) is 118 cm³/mol. The molecule has 3 rings (SSSR count). The summed E-state index contributed by atoms with van der Waals surface area (Å²) >= 11 is 1.64. The molecule has 0 spiro atoms. The number of nitrogens with zero attached hydrogens (tertiary/aromatic N) is 1. The monoisotopic (exact) mass is 427 g/mol. The second-order valence-corrected chi connectivity index (χ2v) is 7.74. The molecule has 1 saturated heterocycles. The van der Waals surface area contributed by atoms with Gasteiger partial charge in [0, 0.05) is 41.8 Å². The van der Waals surface area contributed by atoms with Crippen molar-refractivity contribution in [1.29, 1.82) is 0 Å². The quantitative estimate of drug-likeness (QED) is 0.633. The van der Waals surface area contributed by atoms with Crippen LogP contribution >= 0.6 is 11.8 Å². The second-order valence-electron chi connectivity index (χ2n) is 6.86. The first-order chi connectivity index (χ1) is 14.5. The molecule has 1 heterocycles. The van der Waals surface area contributed by atoms with Gasteiger partial charge in [0.25, 0.3) is 5.91 Å². The van der Waals surface area contributed by atoms with Crippen molar-refractivity contribution in [3.63, 3.8) is 0 Å². The highest BCUT2D eigenvalue weighted by molar-refractivity contribution is 7.98. The lowest BCUT2D eigenvalue weighted by atomic mass is 10.1. The molecule has 1 unspecified atom stereocenters. The van der Waals surface area contributed by atoms with E-state index in [2.05, 4.69) is 10.6 Å². The lowest BCUT2D eigenvalue weighted by Gasteiger charge is -2.17. The van der Waals surface area contributed by atoms with Gasteiger partial charge < -0.3 is 20.3 Å². The van der Waals surface area contributed by atoms with Crippen molar-refractivity contribution in [3.05, 3.63) is 48.5 Å². The Morgan fingerprint density at radius 2 is 1.97 bits per heavy atom. The molecule has 158 valence electrons. The molecule has 2 aromatic rings. The minimum Gasteiger partial charge on any atom is -0.484 e. The number of thioether (sulfide) groups is 1. The largest absolute Gasteiger partial charge is 0.484 e. The number of hydrogen-bond acceptors (Lipinski definition) is 5. The normalized spacial score (nSPS) is 15.7. The van der Waals surface area contributed by atoms with Gasteiger partial charge in [-0.05, 0) is 49.6 Å². The van der Waals surface area contributed by atoms with Crippen LogP contribution in [0.25, 0.3) is 0 Å². The van der Waals surface area contributed by atoms with Gasteiger partial charge in [-0.3, -0.25) is 14.4 Å². The smallest absolute Gasteiger partial charge is 0.257 e. The van der Waals surface area contributed by atoms with E-state index < -0.39 is 5.92 Å². The van der Waals surface area contributed by atoms with Crippen LogP contribution in [0.3, 0.4) is 0 Å². The number of rotatable bonds is 8. The number of likely N-dealkylation sites (N-methyl/N-ethyl adjacent to an activating group) is 1. The predicted octanol–water partition coefficient (Wildman–Crippen LogP) is 2.92. The number of carbonyl (C=O) groups is 3. The number of hydrogen-bond donors (Lipinski definition) is 2. The van der Waals surface area contributed by atoms with E-state index >= 15 is 0 Å². The topological polar surface area (TPSA) is 87.7 Å². The van der Waals surface area contributed by atoms with E-state index in [9.17, 15) is 14.4 Å². The molecule has 0 saturated carbocycles. The zero-order chi connectivity index (χ0) is 21.5. The Hall–Kier alpha value is -3.00. The molecule has 0 bridgehead atoms. The van der Waals surface area contributed by atoms with E-state index in [0.29, 0.717) is 24.5 Å². The van der Waals surface area contributed by atoms with E-state index in [1.165, 1.54) is 0 Å². The first-order valence-corrected chi connectivity index (χ1v) is 11.0. The minimum atomic E-state index is -0.433. The highest BCUT2D eigenvalue weighted by atomic mass is 32.2. The number of nitrogens with one attached hydrogen (secondary N) is 2. The maximum absolute atomic E-state index is 12.7. The molecule has 1 aliphatic heterocycles. The molecule has 7 nitrogen and oxygen atoms in total. The first-order valence-electron chi connectivity index (χ1n) is 9.75. The number of carbonyl (C=O) groups excluding carboxylic acids is 3. The SMILES string of the molecule is CCNC(=O)COc1cccc(NC(=O)C2CC(=O)N(c3ccc(SC)cc3)C2)c1. The van der Waals surface area contributed by atoms with Crippen LogP contribution < -0.4 is 20.3 Å². The summed E-state index contributed by atoms with van der Waals surface area (Å²) in [5.74, 6) is -0.435. The van der Waals surface area contributed by atoms with E-state index in [1.807, 2.05) is 37.4 Å². The summed E-state index contributed by atoms with van der Waals surface area (Å²) in [6, 6.07) is 14.6. The third-order valence-corrected chi connectivity index (χ3v) is 5.47. The summed E-state index contributed by atoms with van der Waals surface area (Å²) < 4.78 is 5.45. The Labute approximate surface area is 180 Å². The second kappa shape index (κ2) is 10.2. The Kier molecular flexibility index (Phi) is 7.35. The van der Waals surface area contributed by atoms with Gasteiger partial charge in [-0.1, -0.05) is 6.07 Å². The van der Waals surface area contributed by atoms with Crippen LogP contribution in [0.4, 0.5) is 11.4 Å². The lowest BCUT2D eigenvalue weighted by molar-refractivity contribution is -0.123. The van der Waals surface area contributed by atoms with Crippen LogP contribution in [0, 0.1) is 5.92 Å². The maximum atomic E-state index is 12.7. The van der Waals surface area contributed by atoms with Gasteiger partial charge in [0.2, 0.25) is 11.8 Å². The highest BCUT2D eigenvalue weighted by Gasteiger charge is 2.35. The highest BCUT2D eigenvalue weighted by Crippen LogP contribution is 2.28. The zero-order valence-corrected chi connectivity index (χ0v) is 17.8. The van der Waals surface area contributed by atoms with Gasteiger partial charge in [-0.2, -0.15) is 0 Å². The molecule has 0 aliphatic carbocycles. The molecular formula is C22H25N3O4S. The number of amides is 3. The van der Waals surface area contributed by atoms with Gasteiger partial charge in [-0.25, -0.2) is 0 Å². The Balaban J connectivity index is 1.59. The van der Waals surface area contributed by atoms with Gasteiger partial charge in [-0.15, -0.1) is 11.8 Å². The zero-order valence-electron chi connectivity index (χ0n) is 17.0. The lowest BCUT2D eigenvalue weighted by Crippen LogP contribution is -2.28. The standard InChI is InChI=1S/C22H25N3O4S/c1-3-23-20(26)14-29-18-6-4-5-16(12-18)24-22(28)15-11-21(27)25(13-15)17-7-9-19(30-2)10-8-17/h4-10,12,15H,3,11,13-14H2,1-2H3,(H,23,26)(H,24,28). The molecule has 0 aromatic heterocycles. The third kappa shape index (κ3) is 5.54. The molecule has 0 radical (unpaired) electrons. The van der Waals surface area contributed by atoms with Gasteiger partial charge >= 0.3 is 0 Å². The van der Waals surface area contributed by atoms with Crippen molar-refractivity contribution in [3.8, 4) is 5.75 Å². The molecule has 8 heteroatoms. The van der Waals surface area contributed by atoms with E-state index in [0.717, 1.165) is 10.6 Å². The van der Waals surface area contributed by atoms with Crippen molar-refractivity contribution >= 4 is 40.9 Å². The van der Waals surface area contributed by atoms with Gasteiger partial charge in [0.15, 0.2) is 6.61 Å². The summed E-state index contributed by atoms with van der Waals surface area (Å²) in [5, 5.41) is 5.50. The average molecular weight is 428 g/mol. The molecule has 1 atom stereocenters. The summed E-state index contributed by atoms with van der Waals surface area (Å²) in [6.07, 6.45) is 2.17. The van der Waals surface area contributed by atoms with Crippen LogP contribution in [-0.4, -0.2) is 43.7 Å². The van der Waals surface area contributed by atoms with Crippen LogP contribution in [-0.2, 0) is 14.4 Å². The Bertz CT molecular complexity index is 917. The molecule has 1 fully saturated rings. The molecule has 2 aromatic carbocycles. The van der Waals surface area contributed by atoms with Gasteiger partial charge in [0.05, 0.1) is 5.92 Å². The summed E-state index contributed by atoms with van der Waals surface area (Å²) in [6.45, 7) is 2.63.